The van der Waals surface area contributed by atoms with Gasteiger partial charge in [0.25, 0.3) is 0 Å². The van der Waals surface area contributed by atoms with Gasteiger partial charge in [0, 0.05) is 6.42 Å². The number of carboxylic acids is 2. The van der Waals surface area contributed by atoms with E-state index in [1.165, 1.54) is 0 Å². The number of carboxylic acid groups (broad SMARTS) is 2. The van der Waals surface area contributed by atoms with Crippen LogP contribution in [0.3, 0.4) is 0 Å². The Morgan fingerprint density at radius 3 is 1.66 bits per heavy atom. The van der Waals surface area contributed by atoms with E-state index in [4.69, 9.17) is 14.5 Å². The number of carbonyl (C=O) groups is 4. The molecule has 2 fully saturated rings. The summed E-state index contributed by atoms with van der Waals surface area (Å²) >= 11 is 0. The highest BCUT2D eigenvalue weighted by Gasteiger charge is 2.54. The van der Waals surface area contributed by atoms with E-state index >= 15 is 0 Å². The van der Waals surface area contributed by atoms with Crippen molar-refractivity contribution in [3.8, 4) is 0 Å². The van der Waals surface area contributed by atoms with Crippen molar-refractivity contribution < 1.29 is 43.9 Å². The smallest absolute Gasteiger partial charge is 0.346 e. The Morgan fingerprint density at radius 2 is 1.23 bits per heavy atom. The number of rotatable bonds is 11. The van der Waals surface area contributed by atoms with Gasteiger partial charge in [-0.1, -0.05) is 38.2 Å². The average molecular weight is 491 g/mol. The fraction of sp³-hybridized carbons (Fsp3) is 0.692. The standard InChI is InChI=1S/C26H34O9/c1-4-26(5-2,35-34-25(32)21-17-9-7-15(11-17)19(21)23(29)30)12-13(3)33-24(31)20-16-8-6-14(10-16)18(20)22(27)28/h6-9,13-21H,4-5,10-12H2,1-3H3,(H,27,28)(H,29,30). The number of esters is 1. The minimum atomic E-state index is -1.02. The van der Waals surface area contributed by atoms with E-state index in [1.807, 2.05) is 38.2 Å². The summed E-state index contributed by atoms with van der Waals surface area (Å²) in [6.45, 7) is 5.45. The van der Waals surface area contributed by atoms with E-state index in [2.05, 4.69) is 0 Å². The number of carbonyl (C=O) groups excluding carboxylic acids is 2. The number of fused-ring (bicyclic) bond motifs is 4. The lowest BCUT2D eigenvalue weighted by Crippen LogP contribution is -2.41. The van der Waals surface area contributed by atoms with E-state index in [1.54, 1.807) is 6.92 Å². The lowest BCUT2D eigenvalue weighted by atomic mass is 9.83. The minimum Gasteiger partial charge on any atom is -0.481 e. The zero-order valence-corrected chi connectivity index (χ0v) is 20.3. The van der Waals surface area contributed by atoms with Crippen molar-refractivity contribution in [1.82, 2.24) is 0 Å². The van der Waals surface area contributed by atoms with Crippen LogP contribution in [0.5, 0.6) is 0 Å². The van der Waals surface area contributed by atoms with Gasteiger partial charge in [-0.15, -0.1) is 0 Å². The van der Waals surface area contributed by atoms with Gasteiger partial charge in [0.2, 0.25) is 0 Å². The third-order valence-electron chi connectivity index (χ3n) is 8.60. The lowest BCUT2D eigenvalue weighted by Gasteiger charge is -2.33. The second kappa shape index (κ2) is 9.76. The highest BCUT2D eigenvalue weighted by Crippen LogP contribution is 2.50. The van der Waals surface area contributed by atoms with Crippen LogP contribution < -0.4 is 0 Å². The SMILES string of the molecule is CCC(CC)(CC(C)OC(=O)C1C2C=CC(C2)C1C(=O)O)OOC(=O)C1C2C=CC(C2)C1C(=O)O. The molecule has 0 spiro atoms. The molecule has 0 saturated heterocycles. The van der Waals surface area contributed by atoms with Crippen molar-refractivity contribution in [2.24, 2.45) is 47.3 Å². The van der Waals surface area contributed by atoms with E-state index < -0.39 is 59.3 Å². The number of ether oxygens (including phenoxy) is 1. The molecular weight excluding hydrogens is 456 g/mol. The fourth-order valence-electron chi connectivity index (χ4n) is 6.68. The van der Waals surface area contributed by atoms with Gasteiger partial charge in [0.15, 0.2) is 0 Å². The van der Waals surface area contributed by atoms with Gasteiger partial charge < -0.3 is 14.9 Å². The van der Waals surface area contributed by atoms with Crippen LogP contribution >= 0.6 is 0 Å². The van der Waals surface area contributed by atoms with Crippen molar-refractivity contribution in [1.29, 1.82) is 0 Å². The van der Waals surface area contributed by atoms with Crippen molar-refractivity contribution in [3.05, 3.63) is 24.3 Å². The summed E-state index contributed by atoms with van der Waals surface area (Å²) in [7, 11) is 0. The first-order valence-electron chi connectivity index (χ1n) is 12.5. The Morgan fingerprint density at radius 1 is 0.800 bits per heavy atom. The topological polar surface area (TPSA) is 136 Å². The molecule has 9 heteroatoms. The molecule has 9 unspecified atom stereocenters. The van der Waals surface area contributed by atoms with Crippen LogP contribution in [0.2, 0.25) is 0 Å². The monoisotopic (exact) mass is 490 g/mol. The molecule has 35 heavy (non-hydrogen) atoms. The molecule has 0 amide bonds. The summed E-state index contributed by atoms with van der Waals surface area (Å²) in [4.78, 5) is 60.1. The summed E-state index contributed by atoms with van der Waals surface area (Å²) in [6, 6.07) is 0. The Bertz CT molecular complexity index is 933. The van der Waals surface area contributed by atoms with Gasteiger partial charge in [-0.2, -0.15) is 4.89 Å². The second-order valence-corrected chi connectivity index (χ2v) is 10.5. The van der Waals surface area contributed by atoms with E-state index in [0.717, 1.165) is 0 Å². The minimum absolute atomic E-state index is 0.127. The highest BCUT2D eigenvalue weighted by molar-refractivity contribution is 5.84. The third kappa shape index (κ3) is 4.62. The molecule has 0 aliphatic heterocycles. The Balaban J connectivity index is 1.36. The van der Waals surface area contributed by atoms with Crippen LogP contribution in [0.1, 0.15) is 52.9 Å². The number of hydrogen-bond donors (Lipinski definition) is 2. The normalized spacial score (nSPS) is 35.3. The first kappa shape index (κ1) is 25.4. The highest BCUT2D eigenvalue weighted by atomic mass is 17.2. The van der Waals surface area contributed by atoms with Gasteiger partial charge >= 0.3 is 23.9 Å². The maximum Gasteiger partial charge on any atom is 0.346 e. The lowest BCUT2D eigenvalue weighted by molar-refractivity contribution is -0.343. The van der Waals surface area contributed by atoms with Crippen molar-refractivity contribution >= 4 is 23.9 Å². The molecule has 0 aromatic rings. The van der Waals surface area contributed by atoms with Gasteiger partial charge in [-0.25, -0.2) is 4.79 Å². The molecule has 9 nitrogen and oxygen atoms in total. The largest absolute Gasteiger partial charge is 0.481 e. The van der Waals surface area contributed by atoms with Gasteiger partial charge in [0.1, 0.15) is 11.7 Å². The molecule has 0 heterocycles. The summed E-state index contributed by atoms with van der Waals surface area (Å²) < 4.78 is 5.68. The van der Waals surface area contributed by atoms with Crippen LogP contribution in [-0.2, 0) is 33.7 Å². The Kier molecular flexibility index (Phi) is 7.09. The number of hydrogen-bond acceptors (Lipinski definition) is 7. The third-order valence-corrected chi connectivity index (χ3v) is 8.60. The van der Waals surface area contributed by atoms with Gasteiger partial charge in [0.05, 0.1) is 23.7 Å². The molecule has 2 N–H and O–H groups in total. The van der Waals surface area contributed by atoms with Crippen molar-refractivity contribution in [2.75, 3.05) is 0 Å². The van der Waals surface area contributed by atoms with Crippen LogP contribution in [0.4, 0.5) is 0 Å². The maximum absolute atomic E-state index is 12.9. The average Bonchev–Trinajstić information content (AvgIpc) is 3.61. The summed E-state index contributed by atoms with van der Waals surface area (Å²) in [5.41, 5.74) is -0.928. The van der Waals surface area contributed by atoms with Crippen LogP contribution in [-0.4, -0.2) is 45.8 Å². The van der Waals surface area contributed by atoms with Crippen LogP contribution in [0.25, 0.3) is 0 Å². The quantitative estimate of drug-likeness (QED) is 0.193. The molecule has 4 rings (SSSR count). The molecule has 0 radical (unpaired) electrons. The second-order valence-electron chi connectivity index (χ2n) is 10.5. The summed E-state index contributed by atoms with van der Waals surface area (Å²) in [6.07, 6.45) is 9.34. The maximum atomic E-state index is 12.9. The number of aliphatic carboxylic acids is 2. The van der Waals surface area contributed by atoms with E-state index in [-0.39, 0.29) is 30.1 Å². The zero-order valence-electron chi connectivity index (χ0n) is 20.3. The first-order chi connectivity index (χ1) is 16.6. The Labute approximate surface area is 204 Å². The number of allylic oxidation sites excluding steroid dienone is 4. The van der Waals surface area contributed by atoms with Crippen molar-refractivity contribution in [2.45, 2.75) is 64.6 Å². The molecule has 9 atom stereocenters. The zero-order chi connectivity index (χ0) is 25.5. The van der Waals surface area contributed by atoms with Gasteiger partial charge in [-0.3, -0.25) is 19.3 Å². The van der Waals surface area contributed by atoms with Crippen molar-refractivity contribution in [3.63, 3.8) is 0 Å². The fourth-order valence-corrected chi connectivity index (χ4v) is 6.68. The molecule has 0 aromatic heterocycles. The van der Waals surface area contributed by atoms with Crippen LogP contribution in [0, 0.1) is 47.3 Å². The first-order valence-corrected chi connectivity index (χ1v) is 12.5. The molecule has 192 valence electrons. The van der Waals surface area contributed by atoms with Gasteiger partial charge in [-0.05, 0) is 56.3 Å². The summed E-state index contributed by atoms with van der Waals surface area (Å²) in [5.74, 6) is -6.94. The van der Waals surface area contributed by atoms with Crippen LogP contribution in [0.15, 0.2) is 24.3 Å². The molecule has 2 saturated carbocycles. The van der Waals surface area contributed by atoms with E-state index in [9.17, 15) is 29.4 Å². The molecule has 4 aliphatic carbocycles. The molecule has 4 bridgehead atoms. The predicted octanol–water partition coefficient (Wildman–Crippen LogP) is 3.39. The molecule has 4 aliphatic rings. The van der Waals surface area contributed by atoms with E-state index in [0.29, 0.717) is 25.7 Å². The predicted molar refractivity (Wildman–Crippen MR) is 121 cm³/mol. The Hall–Kier alpha value is -2.68. The summed E-state index contributed by atoms with van der Waals surface area (Å²) in [5, 5.41) is 19.2. The molecule has 0 aromatic carbocycles. The molecular formula is C26H34O9.